The van der Waals surface area contributed by atoms with Crippen molar-refractivity contribution in [3.05, 3.63) is 0 Å². The van der Waals surface area contributed by atoms with Crippen molar-refractivity contribution in [2.75, 3.05) is 19.6 Å². The summed E-state index contributed by atoms with van der Waals surface area (Å²) in [6.07, 6.45) is 0.696. The second-order valence-electron chi connectivity index (χ2n) is 3.59. The van der Waals surface area contributed by atoms with Gasteiger partial charge in [-0.15, -0.1) is 0 Å². The largest absolute Gasteiger partial charge is 0.480 e. The van der Waals surface area contributed by atoms with E-state index in [1.807, 2.05) is 4.90 Å². The van der Waals surface area contributed by atoms with Crippen molar-refractivity contribution in [3.63, 3.8) is 0 Å². The van der Waals surface area contributed by atoms with Crippen molar-refractivity contribution in [1.82, 2.24) is 4.90 Å². The van der Waals surface area contributed by atoms with E-state index in [1.54, 1.807) is 0 Å². The van der Waals surface area contributed by atoms with Crippen molar-refractivity contribution in [2.45, 2.75) is 12.5 Å². The summed E-state index contributed by atoms with van der Waals surface area (Å²) in [4.78, 5) is 23.1. The second kappa shape index (κ2) is 4.39. The molecule has 6 nitrogen and oxygen atoms in total. The highest BCUT2D eigenvalue weighted by atomic mass is 16.4. The number of hydrogen-bond donors (Lipinski definition) is 3. The van der Waals surface area contributed by atoms with Gasteiger partial charge in [0.25, 0.3) is 0 Å². The summed E-state index contributed by atoms with van der Waals surface area (Å²) in [6.45, 7) is 1.49. The van der Waals surface area contributed by atoms with Gasteiger partial charge >= 0.3 is 5.97 Å². The van der Waals surface area contributed by atoms with Gasteiger partial charge in [0.15, 0.2) is 0 Å². The predicted molar refractivity (Wildman–Crippen MR) is 49.4 cm³/mol. The third kappa shape index (κ3) is 2.68. The maximum absolute atomic E-state index is 10.8. The molecule has 0 radical (unpaired) electrons. The molecule has 80 valence electrons. The topological polar surface area (TPSA) is 110 Å². The molecule has 14 heavy (non-hydrogen) atoms. The van der Waals surface area contributed by atoms with Crippen LogP contribution in [0, 0.1) is 5.92 Å². The molecule has 0 aliphatic carbocycles. The van der Waals surface area contributed by atoms with E-state index in [9.17, 15) is 9.59 Å². The van der Waals surface area contributed by atoms with Crippen LogP contribution in [0.3, 0.4) is 0 Å². The normalized spacial score (nSPS) is 24.8. The number of carboxylic acids is 1. The molecule has 2 unspecified atom stereocenters. The minimum Gasteiger partial charge on any atom is -0.480 e. The lowest BCUT2D eigenvalue weighted by molar-refractivity contribution is -0.138. The summed E-state index contributed by atoms with van der Waals surface area (Å²) in [7, 11) is 0. The van der Waals surface area contributed by atoms with Crippen molar-refractivity contribution in [2.24, 2.45) is 17.4 Å². The standard InChI is InChI=1S/C8H15N3O3/c9-6(8(13)14)4-11-2-1-5(3-11)7(10)12/h5-6H,1-4,9H2,(H2,10,12)(H,13,14). The van der Waals surface area contributed by atoms with Gasteiger partial charge in [0.1, 0.15) is 6.04 Å². The molecule has 1 aliphatic rings. The lowest BCUT2D eigenvalue weighted by Crippen LogP contribution is -2.42. The van der Waals surface area contributed by atoms with Crippen LogP contribution >= 0.6 is 0 Å². The quantitative estimate of drug-likeness (QED) is 0.497. The van der Waals surface area contributed by atoms with Crippen LogP contribution in [0.2, 0.25) is 0 Å². The van der Waals surface area contributed by atoms with Crippen LogP contribution in [0.25, 0.3) is 0 Å². The van der Waals surface area contributed by atoms with Gasteiger partial charge < -0.3 is 21.5 Å². The molecule has 0 saturated carbocycles. The lowest BCUT2D eigenvalue weighted by atomic mass is 10.1. The average molecular weight is 201 g/mol. The first-order chi connectivity index (χ1) is 6.50. The number of amides is 1. The molecular formula is C8H15N3O3. The van der Waals surface area contributed by atoms with Gasteiger partial charge in [-0.05, 0) is 13.0 Å². The molecule has 0 aromatic carbocycles. The highest BCUT2D eigenvalue weighted by molar-refractivity contribution is 5.77. The van der Waals surface area contributed by atoms with E-state index in [1.165, 1.54) is 0 Å². The van der Waals surface area contributed by atoms with Crippen LogP contribution < -0.4 is 11.5 Å². The number of nitrogens with zero attached hydrogens (tertiary/aromatic N) is 1. The number of rotatable bonds is 4. The van der Waals surface area contributed by atoms with Gasteiger partial charge in [0, 0.05) is 13.1 Å². The summed E-state index contributed by atoms with van der Waals surface area (Å²) in [6, 6.07) is -0.887. The van der Waals surface area contributed by atoms with E-state index in [0.717, 1.165) is 0 Å². The number of carbonyl (C=O) groups is 2. The monoisotopic (exact) mass is 201 g/mol. The number of carbonyl (C=O) groups excluding carboxylic acids is 1. The van der Waals surface area contributed by atoms with Crippen LogP contribution in [0.5, 0.6) is 0 Å². The maximum Gasteiger partial charge on any atom is 0.321 e. The summed E-state index contributed by atoms with van der Waals surface area (Å²) in [5, 5.41) is 8.57. The number of nitrogens with two attached hydrogens (primary N) is 2. The number of carboxylic acid groups (broad SMARTS) is 1. The van der Waals surface area contributed by atoms with E-state index in [-0.39, 0.29) is 18.4 Å². The Kier molecular flexibility index (Phi) is 3.43. The molecule has 1 amide bonds. The molecule has 1 fully saturated rings. The van der Waals surface area contributed by atoms with Crippen LogP contribution in [-0.4, -0.2) is 47.6 Å². The van der Waals surface area contributed by atoms with Crippen molar-refractivity contribution < 1.29 is 14.7 Å². The Hall–Kier alpha value is -1.14. The molecule has 6 heteroatoms. The number of primary amides is 1. The van der Waals surface area contributed by atoms with Crippen molar-refractivity contribution in [1.29, 1.82) is 0 Å². The maximum atomic E-state index is 10.8. The van der Waals surface area contributed by atoms with Crippen LogP contribution in [0.1, 0.15) is 6.42 Å². The molecule has 1 saturated heterocycles. The molecule has 2 atom stereocenters. The number of likely N-dealkylation sites (tertiary alicyclic amines) is 1. The average Bonchev–Trinajstić information content (AvgIpc) is 2.52. The molecular weight excluding hydrogens is 186 g/mol. The van der Waals surface area contributed by atoms with Crippen molar-refractivity contribution in [3.8, 4) is 0 Å². The SMILES string of the molecule is NC(=O)C1CCN(CC(N)C(=O)O)C1. The fourth-order valence-electron chi connectivity index (χ4n) is 1.59. The molecule has 1 heterocycles. The lowest BCUT2D eigenvalue weighted by Gasteiger charge is -2.17. The highest BCUT2D eigenvalue weighted by Crippen LogP contribution is 2.15. The molecule has 1 rings (SSSR count). The van der Waals surface area contributed by atoms with Gasteiger partial charge in [-0.1, -0.05) is 0 Å². The zero-order valence-electron chi connectivity index (χ0n) is 7.85. The zero-order valence-corrected chi connectivity index (χ0v) is 7.85. The Labute approximate surface area is 81.8 Å². The van der Waals surface area contributed by atoms with Crippen molar-refractivity contribution >= 4 is 11.9 Å². The third-order valence-electron chi connectivity index (χ3n) is 2.45. The van der Waals surface area contributed by atoms with Gasteiger partial charge in [0.2, 0.25) is 5.91 Å². The van der Waals surface area contributed by atoms with E-state index in [0.29, 0.717) is 19.5 Å². The van der Waals surface area contributed by atoms with Crippen LogP contribution in [0.15, 0.2) is 0 Å². The van der Waals surface area contributed by atoms with Crippen LogP contribution in [-0.2, 0) is 9.59 Å². The Bertz CT molecular complexity index is 244. The highest BCUT2D eigenvalue weighted by Gasteiger charge is 2.28. The first kappa shape index (κ1) is 10.9. The third-order valence-corrected chi connectivity index (χ3v) is 2.45. The Balaban J connectivity index is 2.36. The molecule has 0 spiro atoms. The summed E-state index contributed by atoms with van der Waals surface area (Å²) in [5.74, 6) is -1.50. The Morgan fingerprint density at radius 2 is 2.21 bits per heavy atom. The molecule has 0 aromatic heterocycles. The van der Waals surface area contributed by atoms with Gasteiger partial charge in [-0.3, -0.25) is 9.59 Å². The Morgan fingerprint density at radius 1 is 1.57 bits per heavy atom. The fraction of sp³-hybridized carbons (Fsp3) is 0.750. The minimum absolute atomic E-state index is 0.156. The van der Waals surface area contributed by atoms with Crippen LogP contribution in [0.4, 0.5) is 0 Å². The van der Waals surface area contributed by atoms with Gasteiger partial charge in [-0.25, -0.2) is 0 Å². The summed E-state index contributed by atoms with van der Waals surface area (Å²) < 4.78 is 0. The Morgan fingerprint density at radius 3 is 2.64 bits per heavy atom. The molecule has 0 aromatic rings. The first-order valence-corrected chi connectivity index (χ1v) is 4.50. The predicted octanol–water partition coefficient (Wildman–Crippen LogP) is -1.79. The van der Waals surface area contributed by atoms with E-state index < -0.39 is 12.0 Å². The smallest absolute Gasteiger partial charge is 0.321 e. The fourth-order valence-corrected chi connectivity index (χ4v) is 1.59. The summed E-state index contributed by atoms with van der Waals surface area (Å²) in [5.41, 5.74) is 10.5. The number of aliphatic carboxylic acids is 1. The first-order valence-electron chi connectivity index (χ1n) is 4.50. The second-order valence-corrected chi connectivity index (χ2v) is 3.59. The molecule has 5 N–H and O–H groups in total. The minimum atomic E-state index is -1.02. The number of hydrogen-bond acceptors (Lipinski definition) is 4. The van der Waals surface area contributed by atoms with E-state index in [4.69, 9.17) is 16.6 Å². The van der Waals surface area contributed by atoms with Gasteiger partial charge in [-0.2, -0.15) is 0 Å². The van der Waals surface area contributed by atoms with E-state index >= 15 is 0 Å². The summed E-state index contributed by atoms with van der Waals surface area (Å²) >= 11 is 0. The van der Waals surface area contributed by atoms with E-state index in [2.05, 4.69) is 0 Å². The van der Waals surface area contributed by atoms with Gasteiger partial charge in [0.05, 0.1) is 5.92 Å². The molecule has 1 aliphatic heterocycles. The molecule has 0 bridgehead atoms. The zero-order chi connectivity index (χ0) is 10.7.